The molecule has 0 atom stereocenters. The molecule has 0 aliphatic carbocycles. The van der Waals surface area contributed by atoms with Crippen LogP contribution in [0.2, 0.25) is 25.8 Å². The number of anilines is 1. The van der Waals surface area contributed by atoms with Crippen molar-refractivity contribution in [3.63, 3.8) is 0 Å². The van der Waals surface area contributed by atoms with E-state index in [-0.39, 0.29) is 23.1 Å². The minimum Gasteiger partial charge on any atom is -0.365 e. The Bertz CT molecular complexity index is 1120. The van der Waals surface area contributed by atoms with Gasteiger partial charge < -0.3 is 11.1 Å². The molecule has 0 radical (unpaired) electrons. The van der Waals surface area contributed by atoms with Gasteiger partial charge in [-0.3, -0.25) is 0 Å². The average molecular weight is 561 g/mol. The fraction of sp³-hybridized carbons (Fsp3) is 0.130. The summed E-state index contributed by atoms with van der Waals surface area (Å²) in [6.45, 7) is 1.29. The third-order valence-corrected chi connectivity index (χ3v) is 5.07. The van der Waals surface area contributed by atoms with E-state index >= 15 is 0 Å². The van der Waals surface area contributed by atoms with Gasteiger partial charge in [-0.25, -0.2) is 15.0 Å². The van der Waals surface area contributed by atoms with Crippen LogP contribution in [0.3, 0.4) is 0 Å². The van der Waals surface area contributed by atoms with E-state index in [4.69, 9.17) is 63.7 Å². The summed E-state index contributed by atoms with van der Waals surface area (Å²) in [6.07, 6.45) is 2.82. The summed E-state index contributed by atoms with van der Waals surface area (Å²) in [5.74, 6) is 0.547. The number of hydrogen-bond acceptors (Lipinski definition) is 6. The molecule has 3 N–H and O–H groups in total. The second kappa shape index (κ2) is 16.4. The zero-order valence-corrected chi connectivity index (χ0v) is 20.9. The molecule has 0 aliphatic rings. The van der Waals surface area contributed by atoms with Gasteiger partial charge in [0.2, 0.25) is 10.6 Å². The third kappa shape index (κ3) is 11.3. The number of nitrogens with zero attached hydrogens (tertiary/aromatic N) is 4. The first-order chi connectivity index (χ1) is 15.9. The van der Waals surface area contributed by atoms with E-state index in [0.717, 1.165) is 5.56 Å². The second-order valence-corrected chi connectivity index (χ2v) is 7.99. The number of rotatable bonds is 4. The molecule has 0 bridgehead atoms. The number of benzene rings is 2. The highest BCUT2D eigenvalue weighted by Gasteiger charge is 2.03. The molecule has 4 aromatic rings. The maximum Gasteiger partial charge on any atom is 0.224 e. The maximum atomic E-state index is 5.92. The zero-order valence-electron chi connectivity index (χ0n) is 17.1. The predicted octanol–water partition coefficient (Wildman–Crippen LogP) is 7.61. The van der Waals surface area contributed by atoms with Gasteiger partial charge in [0.1, 0.15) is 10.8 Å². The molecule has 2 aromatic heterocycles. The molecular weight excluding hydrogens is 538 g/mol. The molecule has 34 heavy (non-hydrogen) atoms. The van der Waals surface area contributed by atoms with E-state index < -0.39 is 0 Å². The average Bonchev–Trinajstić information content (AvgIpc) is 2.84. The maximum absolute atomic E-state index is 5.92. The normalized spacial score (nSPS) is 9.47. The van der Waals surface area contributed by atoms with Crippen molar-refractivity contribution in [2.24, 2.45) is 5.73 Å². The number of halogens is 5. The monoisotopic (exact) mass is 558 g/mol. The van der Waals surface area contributed by atoms with Crippen molar-refractivity contribution in [2.45, 2.75) is 20.5 Å². The van der Waals surface area contributed by atoms with Gasteiger partial charge in [0.15, 0.2) is 5.15 Å². The largest absolute Gasteiger partial charge is 0.365 e. The van der Waals surface area contributed by atoms with E-state index in [2.05, 4.69) is 25.3 Å². The zero-order chi connectivity index (χ0) is 24.1. The summed E-state index contributed by atoms with van der Waals surface area (Å²) in [6, 6.07) is 20.0. The van der Waals surface area contributed by atoms with Gasteiger partial charge in [-0.2, -0.15) is 4.98 Å². The summed E-state index contributed by atoms with van der Waals surface area (Å²) < 4.78 is 0. The Hall–Kier alpha value is -2.19. The molecule has 11 heteroatoms. The van der Waals surface area contributed by atoms with E-state index in [1.54, 1.807) is 0 Å². The molecule has 0 amide bonds. The van der Waals surface area contributed by atoms with Crippen LogP contribution in [0.1, 0.15) is 18.6 Å². The standard InChI is InChI=1S/C11H9Cl2N3.C7H9N.C4HCl3N2.CH4/c12-9-7-15-11(13)16-10(9)14-6-8-4-2-1-3-5-8;8-6-7-4-2-1-3-5-7;5-2-1-8-4(7)9-3(2)6;/h1-5,7H,6H2,(H,14,15,16);1-5H,6,8H2;1H;1H4. The molecule has 6 nitrogen and oxygen atoms in total. The van der Waals surface area contributed by atoms with Crippen LogP contribution in [0.4, 0.5) is 5.82 Å². The van der Waals surface area contributed by atoms with Gasteiger partial charge >= 0.3 is 0 Å². The van der Waals surface area contributed by atoms with Crippen molar-refractivity contribution < 1.29 is 0 Å². The van der Waals surface area contributed by atoms with Crippen molar-refractivity contribution >= 4 is 63.8 Å². The van der Waals surface area contributed by atoms with Crippen LogP contribution in [-0.4, -0.2) is 19.9 Å². The van der Waals surface area contributed by atoms with Gasteiger partial charge in [0, 0.05) is 13.1 Å². The lowest BCUT2D eigenvalue weighted by atomic mass is 10.2. The van der Waals surface area contributed by atoms with Crippen LogP contribution in [0.15, 0.2) is 73.1 Å². The van der Waals surface area contributed by atoms with Gasteiger partial charge in [0.25, 0.3) is 0 Å². The number of hydrogen-bond donors (Lipinski definition) is 2. The number of aromatic nitrogens is 4. The van der Waals surface area contributed by atoms with Gasteiger partial charge in [-0.1, -0.05) is 103 Å². The summed E-state index contributed by atoms with van der Waals surface area (Å²) in [7, 11) is 0. The Labute approximate surface area is 224 Å². The molecule has 0 unspecified atom stereocenters. The first-order valence-corrected chi connectivity index (χ1v) is 11.3. The topological polar surface area (TPSA) is 89.6 Å². The molecular formula is C23H23Cl5N6. The van der Waals surface area contributed by atoms with Crippen LogP contribution in [-0.2, 0) is 13.1 Å². The van der Waals surface area contributed by atoms with Crippen LogP contribution in [0.5, 0.6) is 0 Å². The smallest absolute Gasteiger partial charge is 0.224 e. The Morgan fingerprint density at radius 1 is 0.676 bits per heavy atom. The van der Waals surface area contributed by atoms with Gasteiger partial charge in [0.05, 0.1) is 17.4 Å². The third-order valence-electron chi connectivity index (χ3n) is 3.77. The molecule has 0 aliphatic heterocycles. The van der Waals surface area contributed by atoms with Crippen LogP contribution in [0.25, 0.3) is 0 Å². The van der Waals surface area contributed by atoms with Crippen molar-refractivity contribution in [3.8, 4) is 0 Å². The van der Waals surface area contributed by atoms with Crippen LogP contribution < -0.4 is 11.1 Å². The quantitative estimate of drug-likeness (QED) is 0.197. The highest BCUT2D eigenvalue weighted by atomic mass is 35.5. The minimum atomic E-state index is 0. The highest BCUT2D eigenvalue weighted by molar-refractivity contribution is 6.41. The molecule has 2 aromatic carbocycles. The summed E-state index contributed by atoms with van der Waals surface area (Å²) in [5.41, 5.74) is 7.68. The summed E-state index contributed by atoms with van der Waals surface area (Å²) in [5, 5.41) is 4.33. The Kier molecular flexibility index (Phi) is 14.4. The Morgan fingerprint density at radius 2 is 1.18 bits per heavy atom. The minimum absolute atomic E-state index is 0. The fourth-order valence-electron chi connectivity index (χ4n) is 2.19. The first kappa shape index (κ1) is 29.8. The van der Waals surface area contributed by atoms with Crippen molar-refractivity contribution in [2.75, 3.05) is 5.32 Å². The van der Waals surface area contributed by atoms with Crippen molar-refractivity contribution in [3.05, 3.63) is 110 Å². The summed E-state index contributed by atoms with van der Waals surface area (Å²) in [4.78, 5) is 14.9. The van der Waals surface area contributed by atoms with E-state index in [1.807, 2.05) is 60.7 Å². The first-order valence-electron chi connectivity index (χ1n) is 9.42. The van der Waals surface area contributed by atoms with Crippen LogP contribution in [0, 0.1) is 0 Å². The van der Waals surface area contributed by atoms with Crippen molar-refractivity contribution in [1.29, 1.82) is 0 Å². The summed E-state index contributed by atoms with van der Waals surface area (Å²) >= 11 is 27.9. The van der Waals surface area contributed by atoms with Crippen molar-refractivity contribution in [1.82, 2.24) is 19.9 Å². The highest BCUT2D eigenvalue weighted by Crippen LogP contribution is 2.20. The molecule has 0 saturated carbocycles. The molecule has 4 rings (SSSR count). The predicted molar refractivity (Wildman–Crippen MR) is 144 cm³/mol. The SMILES string of the molecule is C.Clc1ncc(Cl)c(Cl)n1.Clc1ncc(Cl)c(NCc2ccccc2)n1.NCc1ccccc1. The lowest BCUT2D eigenvalue weighted by Crippen LogP contribution is -2.02. The lowest BCUT2D eigenvalue weighted by Gasteiger charge is -2.06. The van der Waals surface area contributed by atoms with E-state index in [1.165, 1.54) is 18.0 Å². The Morgan fingerprint density at radius 3 is 1.65 bits per heavy atom. The van der Waals surface area contributed by atoms with Gasteiger partial charge in [-0.15, -0.1) is 0 Å². The molecule has 0 fully saturated rings. The number of nitrogens with two attached hydrogens (primary N) is 1. The molecule has 0 spiro atoms. The Balaban J connectivity index is 0.000000274. The fourth-order valence-corrected chi connectivity index (χ4v) is 2.88. The molecule has 180 valence electrons. The molecule has 0 saturated heterocycles. The van der Waals surface area contributed by atoms with E-state index in [9.17, 15) is 0 Å². The lowest BCUT2D eigenvalue weighted by molar-refractivity contribution is 1.07. The van der Waals surface area contributed by atoms with Crippen LogP contribution >= 0.6 is 58.0 Å². The van der Waals surface area contributed by atoms with E-state index in [0.29, 0.717) is 29.0 Å². The van der Waals surface area contributed by atoms with Gasteiger partial charge in [-0.05, 0) is 34.3 Å². The number of nitrogens with one attached hydrogen (secondary N) is 1. The molecule has 2 heterocycles. The second-order valence-electron chi connectivity index (χ2n) is 6.14.